The van der Waals surface area contributed by atoms with Crippen molar-refractivity contribution in [3.63, 3.8) is 0 Å². The van der Waals surface area contributed by atoms with E-state index in [1.165, 1.54) is 19.3 Å². The lowest BCUT2D eigenvalue weighted by Crippen LogP contribution is -2.55. The molecule has 0 radical (unpaired) electrons. The van der Waals surface area contributed by atoms with E-state index in [0.29, 0.717) is 12.5 Å². The summed E-state index contributed by atoms with van der Waals surface area (Å²) in [6, 6.07) is 0.0523. The van der Waals surface area contributed by atoms with Crippen LogP contribution in [0.5, 0.6) is 0 Å². The van der Waals surface area contributed by atoms with Crippen LogP contribution in [-0.4, -0.2) is 65.8 Å². The number of hydrogen-bond donors (Lipinski definition) is 2. The van der Waals surface area contributed by atoms with Gasteiger partial charge in [-0.2, -0.15) is 0 Å². The van der Waals surface area contributed by atoms with E-state index in [0.717, 1.165) is 39.0 Å². The minimum absolute atomic E-state index is 0.0273. The predicted octanol–water partition coefficient (Wildman–Crippen LogP) is 1.66. The Hall–Kier alpha value is -0.810. The summed E-state index contributed by atoms with van der Waals surface area (Å²) in [7, 11) is 0. The Labute approximate surface area is 128 Å². The maximum atomic E-state index is 12.3. The molecule has 2 aliphatic rings. The van der Waals surface area contributed by atoms with Crippen LogP contribution in [0.3, 0.4) is 0 Å². The van der Waals surface area contributed by atoms with E-state index in [2.05, 4.69) is 24.1 Å². The summed E-state index contributed by atoms with van der Waals surface area (Å²) in [6.45, 7) is 9.20. The van der Waals surface area contributed by atoms with E-state index < -0.39 is 0 Å². The van der Waals surface area contributed by atoms with E-state index in [1.54, 1.807) is 0 Å². The van der Waals surface area contributed by atoms with Gasteiger partial charge in [-0.15, -0.1) is 0 Å². The molecule has 2 aliphatic heterocycles. The van der Waals surface area contributed by atoms with E-state index in [4.69, 9.17) is 5.11 Å². The second-order valence-electron chi connectivity index (χ2n) is 7.13. The van der Waals surface area contributed by atoms with Crippen LogP contribution in [0.15, 0.2) is 0 Å². The molecule has 0 unspecified atom stereocenters. The van der Waals surface area contributed by atoms with Crippen LogP contribution in [-0.2, 0) is 0 Å². The molecule has 0 spiro atoms. The number of piperidine rings is 2. The first-order valence-electron chi connectivity index (χ1n) is 8.41. The number of rotatable bonds is 4. The summed E-state index contributed by atoms with van der Waals surface area (Å²) in [5.41, 5.74) is 0.0273. The first-order chi connectivity index (χ1) is 10.0. The van der Waals surface area contributed by atoms with Gasteiger partial charge >= 0.3 is 6.03 Å². The molecule has 2 heterocycles. The van der Waals surface area contributed by atoms with Crippen molar-refractivity contribution in [2.45, 2.75) is 51.5 Å². The Kier molecular flexibility index (Phi) is 5.88. The van der Waals surface area contributed by atoms with Gasteiger partial charge in [-0.3, -0.25) is 4.90 Å². The first-order valence-corrected chi connectivity index (χ1v) is 8.41. The third-order valence-corrected chi connectivity index (χ3v) is 5.04. The van der Waals surface area contributed by atoms with E-state index in [9.17, 15) is 4.79 Å². The summed E-state index contributed by atoms with van der Waals surface area (Å²) in [4.78, 5) is 16.6. The number of nitrogens with zero attached hydrogens (tertiary/aromatic N) is 2. The Balaban J connectivity index is 1.75. The molecule has 2 fully saturated rings. The topological polar surface area (TPSA) is 55.8 Å². The maximum Gasteiger partial charge on any atom is 0.317 e. The second kappa shape index (κ2) is 7.45. The molecule has 2 rings (SSSR count). The first kappa shape index (κ1) is 16.6. The van der Waals surface area contributed by atoms with Crippen LogP contribution in [0.2, 0.25) is 0 Å². The smallest absolute Gasteiger partial charge is 0.317 e. The Bertz CT molecular complexity index is 332. The van der Waals surface area contributed by atoms with Crippen LogP contribution in [0.1, 0.15) is 46.0 Å². The van der Waals surface area contributed by atoms with E-state index in [-0.39, 0.29) is 18.2 Å². The third kappa shape index (κ3) is 4.58. The van der Waals surface area contributed by atoms with Gasteiger partial charge in [0.15, 0.2) is 0 Å². The van der Waals surface area contributed by atoms with Crippen LogP contribution >= 0.6 is 0 Å². The number of hydrogen-bond acceptors (Lipinski definition) is 3. The van der Waals surface area contributed by atoms with Crippen molar-refractivity contribution in [2.75, 3.05) is 39.3 Å². The largest absolute Gasteiger partial charge is 0.396 e. The van der Waals surface area contributed by atoms with Gasteiger partial charge in [-0.05, 0) is 58.5 Å². The van der Waals surface area contributed by atoms with Gasteiger partial charge in [0.2, 0.25) is 0 Å². The molecule has 0 aromatic carbocycles. The molecule has 0 aromatic rings. The Morgan fingerprint density at radius 3 is 2.33 bits per heavy atom. The SMILES string of the molecule is CC(C)(CNC(=O)N1CCC(CO)CC1)N1CCCCC1. The average Bonchev–Trinajstić information content (AvgIpc) is 2.53. The van der Waals surface area contributed by atoms with Crippen LogP contribution in [0, 0.1) is 5.92 Å². The van der Waals surface area contributed by atoms with Crippen molar-refractivity contribution in [1.29, 1.82) is 0 Å². The molecule has 5 nitrogen and oxygen atoms in total. The second-order valence-corrected chi connectivity index (χ2v) is 7.13. The number of amides is 2. The monoisotopic (exact) mass is 297 g/mol. The molecule has 0 aromatic heterocycles. The van der Waals surface area contributed by atoms with Gasteiger partial charge in [-0.25, -0.2) is 4.79 Å². The standard InChI is InChI=1S/C16H31N3O2/c1-16(2,19-8-4-3-5-9-19)13-17-15(21)18-10-6-14(12-20)7-11-18/h14,20H,3-13H2,1-2H3,(H,17,21). The highest BCUT2D eigenvalue weighted by Crippen LogP contribution is 2.20. The molecule has 0 bridgehead atoms. The summed E-state index contributed by atoms with van der Waals surface area (Å²) in [6.07, 6.45) is 5.70. The van der Waals surface area contributed by atoms with Gasteiger partial charge in [0.25, 0.3) is 0 Å². The van der Waals surface area contributed by atoms with Gasteiger partial charge in [-0.1, -0.05) is 6.42 Å². The number of aliphatic hydroxyl groups is 1. The minimum Gasteiger partial charge on any atom is -0.396 e. The van der Waals surface area contributed by atoms with Gasteiger partial charge in [0.05, 0.1) is 0 Å². The molecule has 0 aliphatic carbocycles. The lowest BCUT2D eigenvalue weighted by atomic mass is 9.97. The summed E-state index contributed by atoms with van der Waals surface area (Å²) >= 11 is 0. The van der Waals surface area contributed by atoms with Crippen molar-refractivity contribution in [2.24, 2.45) is 5.92 Å². The zero-order valence-corrected chi connectivity index (χ0v) is 13.6. The fourth-order valence-electron chi connectivity index (χ4n) is 3.33. The van der Waals surface area contributed by atoms with Crippen molar-refractivity contribution in [3.05, 3.63) is 0 Å². The number of nitrogens with one attached hydrogen (secondary N) is 1. The van der Waals surface area contributed by atoms with E-state index in [1.807, 2.05) is 4.90 Å². The Morgan fingerprint density at radius 1 is 1.14 bits per heavy atom. The minimum atomic E-state index is 0.0273. The summed E-state index contributed by atoms with van der Waals surface area (Å²) in [5.74, 6) is 0.374. The van der Waals surface area contributed by atoms with Gasteiger partial charge in [0.1, 0.15) is 0 Å². The quantitative estimate of drug-likeness (QED) is 0.830. The summed E-state index contributed by atoms with van der Waals surface area (Å²) in [5, 5.41) is 12.3. The molecule has 21 heavy (non-hydrogen) atoms. The number of urea groups is 1. The third-order valence-electron chi connectivity index (χ3n) is 5.04. The van der Waals surface area contributed by atoms with Gasteiger partial charge in [0, 0.05) is 31.8 Å². The summed E-state index contributed by atoms with van der Waals surface area (Å²) < 4.78 is 0. The molecular weight excluding hydrogens is 266 g/mol. The zero-order valence-electron chi connectivity index (χ0n) is 13.6. The molecule has 122 valence electrons. The fraction of sp³-hybridized carbons (Fsp3) is 0.938. The van der Waals surface area contributed by atoms with Gasteiger partial charge < -0.3 is 15.3 Å². The van der Waals surface area contributed by atoms with E-state index >= 15 is 0 Å². The molecule has 0 atom stereocenters. The van der Waals surface area contributed by atoms with Crippen molar-refractivity contribution in [1.82, 2.24) is 15.1 Å². The lowest BCUT2D eigenvalue weighted by Gasteiger charge is -2.41. The highest BCUT2D eigenvalue weighted by molar-refractivity contribution is 5.74. The number of carbonyl (C=O) groups is 1. The molecule has 5 heteroatoms. The molecule has 2 saturated heterocycles. The number of carbonyl (C=O) groups excluding carboxylic acids is 1. The Morgan fingerprint density at radius 2 is 1.76 bits per heavy atom. The normalized spacial score (nSPS) is 22.3. The fourth-order valence-corrected chi connectivity index (χ4v) is 3.33. The molecule has 0 saturated carbocycles. The predicted molar refractivity (Wildman–Crippen MR) is 84.3 cm³/mol. The number of aliphatic hydroxyl groups excluding tert-OH is 1. The maximum absolute atomic E-state index is 12.3. The van der Waals surface area contributed by atoms with Crippen LogP contribution in [0.4, 0.5) is 4.79 Å². The van der Waals surface area contributed by atoms with Crippen LogP contribution < -0.4 is 5.32 Å². The highest BCUT2D eigenvalue weighted by Gasteiger charge is 2.29. The molecule has 2 N–H and O–H groups in total. The van der Waals surface area contributed by atoms with Crippen molar-refractivity contribution < 1.29 is 9.90 Å². The molecular formula is C16H31N3O2. The van der Waals surface area contributed by atoms with Crippen molar-refractivity contribution >= 4 is 6.03 Å². The van der Waals surface area contributed by atoms with Crippen LogP contribution in [0.25, 0.3) is 0 Å². The number of likely N-dealkylation sites (tertiary alicyclic amines) is 2. The van der Waals surface area contributed by atoms with Crippen molar-refractivity contribution in [3.8, 4) is 0 Å². The zero-order chi connectivity index (χ0) is 15.3. The highest BCUT2D eigenvalue weighted by atomic mass is 16.3. The average molecular weight is 297 g/mol. The molecule has 2 amide bonds. The lowest BCUT2D eigenvalue weighted by molar-refractivity contribution is 0.0914.